The van der Waals surface area contributed by atoms with Crippen LogP contribution in [0.5, 0.6) is 5.75 Å². The minimum atomic E-state index is -0.439. The minimum Gasteiger partial charge on any atom is -0.495 e. The number of ether oxygens (including phenoxy) is 1. The molecule has 1 heterocycles. The molecule has 3 rings (SSSR count). The van der Waals surface area contributed by atoms with Crippen LogP contribution in [0.3, 0.4) is 0 Å². The molecule has 6 nitrogen and oxygen atoms in total. The van der Waals surface area contributed by atoms with Gasteiger partial charge in [0, 0.05) is 23.0 Å². The van der Waals surface area contributed by atoms with E-state index in [2.05, 4.69) is 10.6 Å². The Bertz CT molecular complexity index is 965. The van der Waals surface area contributed by atoms with Crippen molar-refractivity contribution in [3.8, 4) is 5.75 Å². The third kappa shape index (κ3) is 3.75. The van der Waals surface area contributed by atoms with Crippen LogP contribution in [0.4, 0.5) is 11.4 Å². The lowest BCUT2D eigenvalue weighted by Gasteiger charge is -2.11. The Balaban J connectivity index is 1.89. The lowest BCUT2D eigenvalue weighted by Crippen LogP contribution is -2.12. The fourth-order valence-corrected chi connectivity index (χ4v) is 2.58. The van der Waals surface area contributed by atoms with Crippen molar-refractivity contribution in [2.45, 2.75) is 6.92 Å². The van der Waals surface area contributed by atoms with Gasteiger partial charge in [-0.3, -0.25) is 9.59 Å². The zero-order valence-corrected chi connectivity index (χ0v) is 14.3. The zero-order valence-electron chi connectivity index (χ0n) is 13.6. The lowest BCUT2D eigenvalue weighted by molar-refractivity contribution is -0.114. The summed E-state index contributed by atoms with van der Waals surface area (Å²) < 4.78 is 10.8. The highest BCUT2D eigenvalue weighted by Gasteiger charge is 2.15. The number of carbonyl (C=O) groups is 2. The summed E-state index contributed by atoms with van der Waals surface area (Å²) in [6, 6.07) is 11.7. The van der Waals surface area contributed by atoms with E-state index >= 15 is 0 Å². The largest absolute Gasteiger partial charge is 0.495 e. The maximum atomic E-state index is 12.5. The smallest absolute Gasteiger partial charge is 0.291 e. The van der Waals surface area contributed by atoms with Crippen molar-refractivity contribution in [1.82, 2.24) is 0 Å². The zero-order chi connectivity index (χ0) is 18.0. The predicted octanol–water partition coefficient (Wildman–Crippen LogP) is 4.31. The fourth-order valence-electron chi connectivity index (χ4n) is 2.40. The minimum absolute atomic E-state index is 0.143. The molecular formula is C18H15ClN2O4. The van der Waals surface area contributed by atoms with Gasteiger partial charge >= 0.3 is 0 Å². The number of hydrogen-bond acceptors (Lipinski definition) is 4. The van der Waals surface area contributed by atoms with Crippen LogP contribution in [0.15, 0.2) is 46.9 Å². The molecule has 2 aromatic carbocycles. The average Bonchev–Trinajstić information content (AvgIpc) is 2.98. The van der Waals surface area contributed by atoms with Gasteiger partial charge in [0.25, 0.3) is 5.91 Å². The van der Waals surface area contributed by atoms with Crippen LogP contribution in [0.2, 0.25) is 5.02 Å². The molecule has 0 saturated carbocycles. The van der Waals surface area contributed by atoms with Crippen molar-refractivity contribution < 1.29 is 18.7 Å². The topological polar surface area (TPSA) is 80.6 Å². The number of rotatable bonds is 4. The molecule has 0 atom stereocenters. The summed E-state index contributed by atoms with van der Waals surface area (Å²) in [5.41, 5.74) is 1.52. The van der Waals surface area contributed by atoms with Gasteiger partial charge in [-0.2, -0.15) is 0 Å². The molecule has 0 fully saturated rings. The second kappa shape index (κ2) is 6.86. The van der Waals surface area contributed by atoms with Gasteiger partial charge in [-0.1, -0.05) is 11.6 Å². The number of furan rings is 1. The van der Waals surface area contributed by atoms with Crippen LogP contribution in [-0.2, 0) is 4.79 Å². The summed E-state index contributed by atoms with van der Waals surface area (Å²) in [6.45, 7) is 1.40. The maximum Gasteiger partial charge on any atom is 0.291 e. The van der Waals surface area contributed by atoms with E-state index in [-0.39, 0.29) is 11.7 Å². The molecule has 3 aromatic rings. The summed E-state index contributed by atoms with van der Waals surface area (Å²) in [7, 11) is 1.49. The second-order valence-corrected chi connectivity index (χ2v) is 5.78. The molecule has 2 N–H and O–H groups in total. The first-order chi connectivity index (χ1) is 12.0. The number of hydrogen-bond donors (Lipinski definition) is 2. The number of methoxy groups -OCH3 is 1. The molecule has 0 saturated heterocycles. The molecule has 0 aliphatic carbocycles. The van der Waals surface area contributed by atoms with Gasteiger partial charge in [0.15, 0.2) is 5.76 Å². The van der Waals surface area contributed by atoms with Crippen LogP contribution < -0.4 is 15.4 Å². The van der Waals surface area contributed by atoms with Crippen LogP contribution in [0.1, 0.15) is 17.5 Å². The highest BCUT2D eigenvalue weighted by atomic mass is 35.5. The first-order valence-corrected chi connectivity index (χ1v) is 7.80. The van der Waals surface area contributed by atoms with E-state index in [0.29, 0.717) is 27.7 Å². The average molecular weight is 359 g/mol. The maximum absolute atomic E-state index is 12.5. The summed E-state index contributed by atoms with van der Waals surface area (Å²) in [5.74, 6) is -0.0481. The van der Waals surface area contributed by atoms with Crippen LogP contribution in [0, 0.1) is 0 Å². The quantitative estimate of drug-likeness (QED) is 0.728. The van der Waals surface area contributed by atoms with Gasteiger partial charge in [0.05, 0.1) is 12.8 Å². The van der Waals surface area contributed by atoms with E-state index in [1.165, 1.54) is 14.0 Å². The van der Waals surface area contributed by atoms with Crippen LogP contribution in [-0.4, -0.2) is 18.9 Å². The Morgan fingerprint density at radius 3 is 2.60 bits per heavy atom. The summed E-state index contributed by atoms with van der Waals surface area (Å²) in [5, 5.41) is 6.67. The molecule has 1 aromatic heterocycles. The highest BCUT2D eigenvalue weighted by Crippen LogP contribution is 2.29. The Hall–Kier alpha value is -2.99. The number of nitrogens with one attached hydrogen (secondary N) is 2. The molecule has 0 unspecified atom stereocenters. The van der Waals surface area contributed by atoms with E-state index < -0.39 is 5.91 Å². The van der Waals surface area contributed by atoms with Gasteiger partial charge in [0.2, 0.25) is 5.91 Å². The standard InChI is InChI=1S/C18H15ClN2O4/c1-10(22)20-13-4-6-16(24-2)14(9-13)21-18(23)17-8-11-7-12(19)3-5-15(11)25-17/h3-9H,1-2H3,(H,20,22)(H,21,23). The molecule has 25 heavy (non-hydrogen) atoms. The predicted molar refractivity (Wildman–Crippen MR) is 96.5 cm³/mol. The van der Waals surface area contributed by atoms with E-state index in [9.17, 15) is 9.59 Å². The van der Waals surface area contributed by atoms with Gasteiger partial charge in [-0.15, -0.1) is 0 Å². The van der Waals surface area contributed by atoms with E-state index in [4.69, 9.17) is 20.8 Å². The molecule has 7 heteroatoms. The normalized spacial score (nSPS) is 10.5. The first kappa shape index (κ1) is 16.9. The van der Waals surface area contributed by atoms with Gasteiger partial charge in [-0.25, -0.2) is 0 Å². The van der Waals surface area contributed by atoms with Gasteiger partial charge in [-0.05, 0) is 42.5 Å². The van der Waals surface area contributed by atoms with Crippen molar-refractivity contribution in [3.05, 3.63) is 53.2 Å². The Morgan fingerprint density at radius 1 is 1.08 bits per heavy atom. The molecule has 0 aliphatic heterocycles. The first-order valence-electron chi connectivity index (χ1n) is 7.42. The number of benzene rings is 2. The molecule has 0 radical (unpaired) electrons. The number of fused-ring (bicyclic) bond motifs is 1. The van der Waals surface area contributed by atoms with Crippen LogP contribution in [0.25, 0.3) is 11.0 Å². The summed E-state index contributed by atoms with van der Waals surface area (Å²) in [4.78, 5) is 23.7. The van der Waals surface area contributed by atoms with E-state index in [0.717, 1.165) is 5.39 Å². The molecule has 0 bridgehead atoms. The van der Waals surface area contributed by atoms with E-state index in [1.54, 1.807) is 42.5 Å². The fraction of sp³-hybridized carbons (Fsp3) is 0.111. The molecular weight excluding hydrogens is 344 g/mol. The van der Waals surface area contributed by atoms with Crippen molar-refractivity contribution in [2.75, 3.05) is 17.7 Å². The third-order valence-corrected chi connectivity index (χ3v) is 3.71. The summed E-state index contributed by atoms with van der Waals surface area (Å²) in [6.07, 6.45) is 0. The summed E-state index contributed by atoms with van der Waals surface area (Å²) >= 11 is 5.94. The molecule has 128 valence electrons. The monoisotopic (exact) mass is 358 g/mol. The van der Waals surface area contributed by atoms with Gasteiger partial charge < -0.3 is 19.8 Å². The lowest BCUT2D eigenvalue weighted by atomic mass is 10.2. The third-order valence-electron chi connectivity index (χ3n) is 3.47. The Kier molecular flexibility index (Phi) is 4.63. The number of amides is 2. The number of carbonyl (C=O) groups excluding carboxylic acids is 2. The SMILES string of the molecule is COc1ccc(NC(C)=O)cc1NC(=O)c1cc2cc(Cl)ccc2o1. The Labute approximate surface area is 148 Å². The van der Waals surface area contributed by atoms with Gasteiger partial charge in [0.1, 0.15) is 11.3 Å². The Morgan fingerprint density at radius 2 is 1.88 bits per heavy atom. The van der Waals surface area contributed by atoms with Crippen molar-refractivity contribution in [2.24, 2.45) is 0 Å². The molecule has 2 amide bonds. The van der Waals surface area contributed by atoms with Crippen molar-refractivity contribution >= 4 is 45.8 Å². The highest BCUT2D eigenvalue weighted by molar-refractivity contribution is 6.31. The van der Waals surface area contributed by atoms with Crippen molar-refractivity contribution in [3.63, 3.8) is 0 Å². The number of halogens is 1. The number of anilines is 2. The molecule has 0 spiro atoms. The second-order valence-electron chi connectivity index (χ2n) is 5.34. The molecule has 0 aliphatic rings. The van der Waals surface area contributed by atoms with Crippen molar-refractivity contribution in [1.29, 1.82) is 0 Å². The van der Waals surface area contributed by atoms with Crippen LogP contribution >= 0.6 is 11.6 Å². The van der Waals surface area contributed by atoms with E-state index in [1.807, 2.05) is 0 Å².